The number of amides is 3. The molecule has 1 fully saturated rings. The average Bonchev–Trinajstić information content (AvgIpc) is 2.58. The maximum absolute atomic E-state index is 12.2. The van der Waals surface area contributed by atoms with Gasteiger partial charge in [0.25, 0.3) is 0 Å². The van der Waals surface area contributed by atoms with E-state index in [0.29, 0.717) is 25.6 Å². The molecule has 7 heteroatoms. The zero-order chi connectivity index (χ0) is 20.4. The maximum atomic E-state index is 12.2. The van der Waals surface area contributed by atoms with E-state index in [9.17, 15) is 14.4 Å². The number of alkyl carbamates (subject to hydrolysis) is 1. The number of likely N-dealkylation sites (tertiary alicyclic amines) is 1. The normalized spacial score (nSPS) is 16.0. The summed E-state index contributed by atoms with van der Waals surface area (Å²) < 4.78 is 5.14. The quantitative estimate of drug-likeness (QED) is 0.664. The average molecular weight is 382 g/mol. The van der Waals surface area contributed by atoms with Gasteiger partial charge in [0, 0.05) is 38.7 Å². The number of carbonyl (C=O) groups is 3. The number of nitrogens with zero attached hydrogens (tertiary/aromatic N) is 1. The Bertz CT molecular complexity index is 544. The number of nitrogens with one attached hydrogen (secondary N) is 2. The van der Waals surface area contributed by atoms with Crippen LogP contribution in [0, 0.1) is 5.92 Å². The van der Waals surface area contributed by atoms with E-state index in [-0.39, 0.29) is 24.8 Å². The summed E-state index contributed by atoms with van der Waals surface area (Å²) in [6.07, 6.45) is 4.04. The predicted molar refractivity (Wildman–Crippen MR) is 105 cm³/mol. The summed E-state index contributed by atoms with van der Waals surface area (Å²) >= 11 is 0. The van der Waals surface area contributed by atoms with Crippen molar-refractivity contribution in [3.8, 4) is 0 Å². The fourth-order valence-electron chi connectivity index (χ4n) is 2.75. The second-order valence-corrected chi connectivity index (χ2v) is 8.09. The molecule has 2 N–H and O–H groups in total. The molecule has 3 amide bonds. The van der Waals surface area contributed by atoms with Crippen LogP contribution in [0.1, 0.15) is 60.3 Å². The van der Waals surface area contributed by atoms with Crippen LogP contribution in [-0.2, 0) is 14.3 Å². The summed E-state index contributed by atoms with van der Waals surface area (Å²) in [6, 6.07) is 0. The first kappa shape index (κ1) is 23.0. The van der Waals surface area contributed by atoms with Crippen molar-refractivity contribution in [2.45, 2.75) is 65.9 Å². The van der Waals surface area contributed by atoms with Crippen molar-refractivity contribution >= 4 is 17.9 Å². The SMILES string of the molecule is CC/C(C)=C/C(=O)NCC1CCN(C(=O)CCNC(=O)OC(C)(C)C)CC1. The van der Waals surface area contributed by atoms with E-state index in [4.69, 9.17) is 4.74 Å². The van der Waals surface area contributed by atoms with E-state index in [1.54, 1.807) is 26.8 Å². The summed E-state index contributed by atoms with van der Waals surface area (Å²) in [5, 5.41) is 5.56. The summed E-state index contributed by atoms with van der Waals surface area (Å²) in [7, 11) is 0. The smallest absolute Gasteiger partial charge is 0.407 e. The number of carbonyl (C=O) groups excluding carboxylic acids is 3. The summed E-state index contributed by atoms with van der Waals surface area (Å²) in [6.45, 7) is 11.7. The van der Waals surface area contributed by atoms with E-state index < -0.39 is 11.7 Å². The molecule has 154 valence electrons. The highest BCUT2D eigenvalue weighted by molar-refractivity contribution is 5.88. The molecule has 1 aliphatic heterocycles. The molecule has 1 heterocycles. The summed E-state index contributed by atoms with van der Waals surface area (Å²) in [4.78, 5) is 37.4. The second kappa shape index (κ2) is 10.9. The van der Waals surface area contributed by atoms with E-state index in [1.807, 2.05) is 18.7 Å². The number of hydrogen-bond acceptors (Lipinski definition) is 4. The van der Waals surface area contributed by atoms with Gasteiger partial charge >= 0.3 is 6.09 Å². The third-order valence-electron chi connectivity index (χ3n) is 4.47. The molecule has 0 aromatic heterocycles. The largest absolute Gasteiger partial charge is 0.444 e. The van der Waals surface area contributed by atoms with Gasteiger partial charge < -0.3 is 20.3 Å². The lowest BCUT2D eigenvalue weighted by atomic mass is 9.96. The molecule has 1 saturated heterocycles. The van der Waals surface area contributed by atoms with Crippen LogP contribution in [0.5, 0.6) is 0 Å². The van der Waals surface area contributed by atoms with Crippen molar-refractivity contribution < 1.29 is 19.1 Å². The molecule has 7 nitrogen and oxygen atoms in total. The highest BCUT2D eigenvalue weighted by atomic mass is 16.6. The van der Waals surface area contributed by atoms with E-state index in [1.165, 1.54) is 0 Å². The molecule has 0 aromatic carbocycles. The molecule has 0 aliphatic carbocycles. The van der Waals surface area contributed by atoms with Gasteiger partial charge in [-0.25, -0.2) is 4.79 Å². The first-order valence-corrected chi connectivity index (χ1v) is 9.80. The minimum absolute atomic E-state index is 0.0371. The Morgan fingerprint density at radius 2 is 1.78 bits per heavy atom. The molecular weight excluding hydrogens is 346 g/mol. The molecule has 1 aliphatic rings. The third kappa shape index (κ3) is 10.0. The van der Waals surface area contributed by atoms with E-state index in [2.05, 4.69) is 10.6 Å². The van der Waals surface area contributed by atoms with Crippen molar-refractivity contribution in [3.63, 3.8) is 0 Å². The highest BCUT2D eigenvalue weighted by Crippen LogP contribution is 2.17. The van der Waals surface area contributed by atoms with Crippen molar-refractivity contribution in [1.29, 1.82) is 0 Å². The van der Waals surface area contributed by atoms with Gasteiger partial charge in [-0.1, -0.05) is 12.5 Å². The van der Waals surface area contributed by atoms with Crippen LogP contribution in [0.15, 0.2) is 11.6 Å². The zero-order valence-electron chi connectivity index (χ0n) is 17.4. The first-order valence-electron chi connectivity index (χ1n) is 9.80. The van der Waals surface area contributed by atoms with Crippen LogP contribution in [0.3, 0.4) is 0 Å². The first-order chi connectivity index (χ1) is 12.6. The molecule has 0 saturated carbocycles. The molecule has 0 atom stereocenters. The van der Waals surface area contributed by atoms with Crippen LogP contribution >= 0.6 is 0 Å². The topological polar surface area (TPSA) is 87.7 Å². The number of allylic oxidation sites excluding steroid dienone is 1. The fraction of sp³-hybridized carbons (Fsp3) is 0.750. The third-order valence-corrected chi connectivity index (χ3v) is 4.47. The van der Waals surface area contributed by atoms with Gasteiger partial charge in [0.15, 0.2) is 0 Å². The standard InChI is InChI=1S/C20H35N3O4/c1-6-15(2)13-17(24)22-14-16-8-11-23(12-9-16)18(25)7-10-21-19(26)27-20(3,4)5/h13,16H,6-12,14H2,1-5H3,(H,21,26)(H,22,24)/b15-13+. The van der Waals surface area contributed by atoms with Gasteiger partial charge in [0.2, 0.25) is 11.8 Å². The van der Waals surface area contributed by atoms with Gasteiger partial charge in [-0.3, -0.25) is 9.59 Å². The van der Waals surface area contributed by atoms with E-state index >= 15 is 0 Å². The Labute approximate surface area is 162 Å². The van der Waals surface area contributed by atoms with Crippen molar-refractivity contribution in [2.75, 3.05) is 26.2 Å². The number of piperidine rings is 1. The van der Waals surface area contributed by atoms with Crippen LogP contribution in [0.4, 0.5) is 4.79 Å². The molecule has 0 bridgehead atoms. The predicted octanol–water partition coefficient (Wildman–Crippen LogP) is 2.61. The lowest BCUT2D eigenvalue weighted by Crippen LogP contribution is -2.42. The maximum Gasteiger partial charge on any atom is 0.407 e. The number of ether oxygens (including phenoxy) is 1. The molecule has 27 heavy (non-hydrogen) atoms. The summed E-state index contributed by atoms with van der Waals surface area (Å²) in [5.41, 5.74) is 0.518. The fourth-order valence-corrected chi connectivity index (χ4v) is 2.75. The van der Waals surface area contributed by atoms with Crippen LogP contribution < -0.4 is 10.6 Å². The van der Waals surface area contributed by atoms with Crippen LogP contribution in [0.2, 0.25) is 0 Å². The molecular formula is C20H35N3O4. The van der Waals surface area contributed by atoms with Crippen LogP contribution in [-0.4, -0.2) is 54.6 Å². The lowest BCUT2D eigenvalue weighted by molar-refractivity contribution is -0.132. The zero-order valence-corrected chi connectivity index (χ0v) is 17.4. The minimum atomic E-state index is -0.545. The number of hydrogen-bond donors (Lipinski definition) is 2. The number of rotatable bonds is 7. The van der Waals surface area contributed by atoms with Gasteiger partial charge in [-0.15, -0.1) is 0 Å². The minimum Gasteiger partial charge on any atom is -0.444 e. The Hall–Kier alpha value is -2.05. The lowest BCUT2D eigenvalue weighted by Gasteiger charge is -2.32. The van der Waals surface area contributed by atoms with Gasteiger partial charge in [-0.2, -0.15) is 0 Å². The van der Waals surface area contributed by atoms with E-state index in [0.717, 1.165) is 24.8 Å². The Balaban J connectivity index is 2.23. The van der Waals surface area contributed by atoms with Crippen molar-refractivity contribution in [3.05, 3.63) is 11.6 Å². The van der Waals surface area contributed by atoms with Crippen molar-refractivity contribution in [2.24, 2.45) is 5.92 Å². The molecule has 0 unspecified atom stereocenters. The van der Waals surface area contributed by atoms with Crippen molar-refractivity contribution in [1.82, 2.24) is 15.5 Å². The van der Waals surface area contributed by atoms with Gasteiger partial charge in [0.1, 0.15) is 5.60 Å². The molecule has 0 spiro atoms. The monoisotopic (exact) mass is 381 g/mol. The van der Waals surface area contributed by atoms with Crippen LogP contribution in [0.25, 0.3) is 0 Å². The van der Waals surface area contributed by atoms with Gasteiger partial charge in [-0.05, 0) is 52.9 Å². The molecule has 0 aromatic rings. The highest BCUT2D eigenvalue weighted by Gasteiger charge is 2.23. The summed E-state index contributed by atoms with van der Waals surface area (Å²) in [5.74, 6) is 0.393. The van der Waals surface area contributed by atoms with Gasteiger partial charge in [0.05, 0.1) is 0 Å². The molecule has 1 rings (SSSR count). The Morgan fingerprint density at radius 3 is 2.33 bits per heavy atom. The Morgan fingerprint density at radius 1 is 1.15 bits per heavy atom. The molecule has 0 radical (unpaired) electrons. The second-order valence-electron chi connectivity index (χ2n) is 8.09. The Kier molecular flexibility index (Phi) is 9.32.